The fourth-order valence-electron chi connectivity index (χ4n) is 4.41. The van der Waals surface area contributed by atoms with Gasteiger partial charge in [0.25, 0.3) is 0 Å². The van der Waals surface area contributed by atoms with E-state index in [1.807, 2.05) is 55.6 Å². The average Bonchev–Trinajstić information content (AvgIpc) is 3.33. The van der Waals surface area contributed by atoms with E-state index in [0.29, 0.717) is 25.3 Å². The minimum Gasteiger partial charge on any atom is -0.494 e. The molecule has 1 aliphatic heterocycles. The molecule has 5 rings (SSSR count). The van der Waals surface area contributed by atoms with Gasteiger partial charge in [0.05, 0.1) is 23.6 Å². The molecule has 1 aliphatic rings. The lowest BCUT2D eigenvalue weighted by Crippen LogP contribution is -2.43. The lowest BCUT2D eigenvalue weighted by Gasteiger charge is -2.33. The molecule has 1 N–H and O–H groups in total. The van der Waals surface area contributed by atoms with Crippen LogP contribution in [0.1, 0.15) is 25.3 Å². The standard InChI is InChI=1S/C25H27N5O2/c1-2-32-20-11-9-18(10-12-20)16-27-25(31)19-6-4-14-29(17-19)24-22-8-5-15-30(22)21-7-3-13-26-23(21)28-24/h3,5,7-13,15,19H,2,4,6,14,16-17H2,1H3,(H,27,31)/t19-/m1/s1. The second-order valence-corrected chi connectivity index (χ2v) is 8.12. The monoisotopic (exact) mass is 429 g/mol. The van der Waals surface area contributed by atoms with Crippen LogP contribution in [0, 0.1) is 5.92 Å². The van der Waals surface area contributed by atoms with Crippen LogP contribution in [0.5, 0.6) is 5.75 Å². The average molecular weight is 430 g/mol. The maximum atomic E-state index is 12.9. The van der Waals surface area contributed by atoms with Gasteiger partial charge in [-0.2, -0.15) is 0 Å². The van der Waals surface area contributed by atoms with E-state index in [-0.39, 0.29) is 11.8 Å². The molecule has 0 unspecified atom stereocenters. The molecule has 0 aliphatic carbocycles. The van der Waals surface area contributed by atoms with Crippen molar-refractivity contribution in [2.24, 2.45) is 5.92 Å². The Bertz CT molecular complexity index is 1230. The number of carbonyl (C=O) groups excluding carboxylic acids is 1. The summed E-state index contributed by atoms with van der Waals surface area (Å²) in [5.41, 5.74) is 3.80. The predicted molar refractivity (Wildman–Crippen MR) is 125 cm³/mol. The summed E-state index contributed by atoms with van der Waals surface area (Å²) in [5, 5.41) is 3.11. The van der Waals surface area contributed by atoms with Crippen LogP contribution in [0.25, 0.3) is 16.7 Å². The Morgan fingerprint density at radius 1 is 1.16 bits per heavy atom. The van der Waals surface area contributed by atoms with Gasteiger partial charge in [0, 0.05) is 32.0 Å². The first-order chi connectivity index (χ1) is 15.7. The molecule has 1 atom stereocenters. The highest BCUT2D eigenvalue weighted by Crippen LogP contribution is 2.28. The van der Waals surface area contributed by atoms with Gasteiger partial charge >= 0.3 is 0 Å². The van der Waals surface area contributed by atoms with E-state index in [4.69, 9.17) is 9.72 Å². The van der Waals surface area contributed by atoms with Crippen molar-refractivity contribution in [3.8, 4) is 5.75 Å². The smallest absolute Gasteiger partial charge is 0.225 e. The number of benzene rings is 1. The molecule has 1 fully saturated rings. The minimum absolute atomic E-state index is 0.0670. The zero-order chi connectivity index (χ0) is 21.9. The third kappa shape index (κ3) is 3.98. The fourth-order valence-corrected chi connectivity index (χ4v) is 4.41. The molecule has 4 aromatic rings. The minimum atomic E-state index is -0.0670. The van der Waals surface area contributed by atoms with Crippen LogP contribution in [0.4, 0.5) is 5.82 Å². The third-order valence-corrected chi connectivity index (χ3v) is 6.01. The number of aromatic nitrogens is 3. The van der Waals surface area contributed by atoms with Crippen LogP contribution in [0.15, 0.2) is 60.9 Å². The molecule has 0 radical (unpaired) electrons. The van der Waals surface area contributed by atoms with E-state index >= 15 is 0 Å². The van der Waals surface area contributed by atoms with Crippen molar-refractivity contribution in [3.05, 3.63) is 66.5 Å². The van der Waals surface area contributed by atoms with Crippen molar-refractivity contribution in [2.45, 2.75) is 26.3 Å². The Labute approximate surface area is 187 Å². The van der Waals surface area contributed by atoms with Gasteiger partial charge in [0.2, 0.25) is 5.91 Å². The molecule has 1 saturated heterocycles. The molecule has 7 nitrogen and oxygen atoms in total. The van der Waals surface area contributed by atoms with Gasteiger partial charge in [0.1, 0.15) is 5.75 Å². The van der Waals surface area contributed by atoms with Crippen LogP contribution in [0.2, 0.25) is 0 Å². The number of anilines is 1. The van der Waals surface area contributed by atoms with Crippen LogP contribution >= 0.6 is 0 Å². The maximum Gasteiger partial charge on any atom is 0.225 e. The Morgan fingerprint density at radius 3 is 2.84 bits per heavy atom. The van der Waals surface area contributed by atoms with Gasteiger partial charge in [-0.15, -0.1) is 0 Å². The van der Waals surface area contributed by atoms with Gasteiger partial charge in [-0.3, -0.25) is 4.79 Å². The fraction of sp³-hybridized carbons (Fsp3) is 0.320. The quantitative estimate of drug-likeness (QED) is 0.505. The molecule has 7 heteroatoms. The van der Waals surface area contributed by atoms with Gasteiger partial charge in [0.15, 0.2) is 11.5 Å². The summed E-state index contributed by atoms with van der Waals surface area (Å²) < 4.78 is 7.61. The summed E-state index contributed by atoms with van der Waals surface area (Å²) in [6, 6.07) is 15.9. The van der Waals surface area contributed by atoms with Crippen molar-refractivity contribution in [3.63, 3.8) is 0 Å². The zero-order valence-electron chi connectivity index (χ0n) is 18.2. The highest BCUT2D eigenvalue weighted by molar-refractivity contribution is 5.84. The Morgan fingerprint density at radius 2 is 2.00 bits per heavy atom. The second kappa shape index (κ2) is 8.86. The molecule has 32 heavy (non-hydrogen) atoms. The topological polar surface area (TPSA) is 71.8 Å². The number of hydrogen-bond acceptors (Lipinski definition) is 5. The Balaban J connectivity index is 1.30. The maximum absolute atomic E-state index is 12.9. The largest absolute Gasteiger partial charge is 0.494 e. The predicted octanol–water partition coefficient (Wildman–Crippen LogP) is 3.81. The molecule has 3 aromatic heterocycles. The van der Waals surface area contributed by atoms with Crippen molar-refractivity contribution in [1.82, 2.24) is 19.7 Å². The molecule has 0 bridgehead atoms. The van der Waals surface area contributed by atoms with E-state index in [1.165, 1.54) is 0 Å². The number of hydrogen-bond donors (Lipinski definition) is 1. The van der Waals surface area contributed by atoms with E-state index in [2.05, 4.69) is 25.7 Å². The summed E-state index contributed by atoms with van der Waals surface area (Å²) >= 11 is 0. The van der Waals surface area contributed by atoms with Crippen LogP contribution in [-0.4, -0.2) is 40.0 Å². The summed E-state index contributed by atoms with van der Waals surface area (Å²) in [6.07, 6.45) is 5.64. The summed E-state index contributed by atoms with van der Waals surface area (Å²) in [4.78, 5) is 24.5. The van der Waals surface area contributed by atoms with Crippen molar-refractivity contribution >= 4 is 28.4 Å². The third-order valence-electron chi connectivity index (χ3n) is 6.01. The number of ether oxygens (including phenoxy) is 1. The Kier molecular flexibility index (Phi) is 5.62. The summed E-state index contributed by atoms with van der Waals surface area (Å²) in [5.74, 6) is 1.77. The van der Waals surface area contributed by atoms with Crippen molar-refractivity contribution in [1.29, 1.82) is 0 Å². The van der Waals surface area contributed by atoms with Crippen LogP contribution in [-0.2, 0) is 11.3 Å². The number of pyridine rings is 1. The zero-order valence-corrected chi connectivity index (χ0v) is 18.2. The van der Waals surface area contributed by atoms with E-state index in [9.17, 15) is 4.79 Å². The molecular formula is C25H27N5O2. The molecule has 164 valence electrons. The normalized spacial score (nSPS) is 16.4. The SMILES string of the molecule is CCOc1ccc(CNC(=O)[C@@H]2CCCN(c3nc4ncccc4n4cccc34)C2)cc1. The summed E-state index contributed by atoms with van der Waals surface area (Å²) in [6.45, 7) is 4.66. The van der Waals surface area contributed by atoms with Gasteiger partial charge in [-0.25, -0.2) is 9.97 Å². The number of fused-ring (bicyclic) bond motifs is 3. The highest BCUT2D eigenvalue weighted by Gasteiger charge is 2.28. The second-order valence-electron chi connectivity index (χ2n) is 8.12. The summed E-state index contributed by atoms with van der Waals surface area (Å²) in [7, 11) is 0. The lowest BCUT2D eigenvalue weighted by atomic mass is 9.97. The number of nitrogens with one attached hydrogen (secondary N) is 1. The van der Waals surface area contributed by atoms with Crippen LogP contribution < -0.4 is 15.0 Å². The molecule has 4 heterocycles. The first kappa shape index (κ1) is 20.3. The molecule has 0 spiro atoms. The molecular weight excluding hydrogens is 402 g/mol. The molecule has 1 amide bonds. The number of piperidine rings is 1. The number of rotatable bonds is 6. The number of amides is 1. The first-order valence-electron chi connectivity index (χ1n) is 11.2. The molecule has 0 saturated carbocycles. The van der Waals surface area contributed by atoms with E-state index in [0.717, 1.165) is 47.6 Å². The number of carbonyl (C=O) groups is 1. The van der Waals surface area contributed by atoms with Crippen LogP contribution in [0.3, 0.4) is 0 Å². The van der Waals surface area contributed by atoms with Gasteiger partial charge in [-0.05, 0) is 61.7 Å². The first-order valence-corrected chi connectivity index (χ1v) is 11.2. The lowest BCUT2D eigenvalue weighted by molar-refractivity contribution is -0.125. The van der Waals surface area contributed by atoms with E-state index in [1.54, 1.807) is 6.20 Å². The van der Waals surface area contributed by atoms with Crippen molar-refractivity contribution in [2.75, 3.05) is 24.6 Å². The van der Waals surface area contributed by atoms with Gasteiger partial charge < -0.3 is 19.4 Å². The van der Waals surface area contributed by atoms with E-state index < -0.39 is 0 Å². The van der Waals surface area contributed by atoms with Crippen molar-refractivity contribution < 1.29 is 9.53 Å². The Hall–Kier alpha value is -3.61. The van der Waals surface area contributed by atoms with Gasteiger partial charge in [-0.1, -0.05) is 12.1 Å². The highest BCUT2D eigenvalue weighted by atomic mass is 16.5. The number of nitrogens with zero attached hydrogens (tertiary/aromatic N) is 4. The molecule has 1 aromatic carbocycles.